The van der Waals surface area contributed by atoms with E-state index in [2.05, 4.69) is 26.5 Å². The number of nitrogens with zero attached hydrogens (tertiary/aromatic N) is 2. The van der Waals surface area contributed by atoms with Gasteiger partial charge in [0, 0.05) is 4.47 Å². The third-order valence-corrected chi connectivity index (χ3v) is 5.43. The van der Waals surface area contributed by atoms with E-state index in [0.29, 0.717) is 16.1 Å². The second kappa shape index (κ2) is 8.95. The number of rotatable bonds is 6. The normalized spacial score (nSPS) is 12.6. The van der Waals surface area contributed by atoms with Crippen molar-refractivity contribution in [1.82, 2.24) is 5.43 Å². The molecule has 0 atom stereocenters. The van der Waals surface area contributed by atoms with Gasteiger partial charge in [0.25, 0.3) is 5.91 Å². The van der Waals surface area contributed by atoms with Crippen molar-refractivity contribution in [2.75, 3.05) is 17.1 Å². The molecule has 29 heavy (non-hydrogen) atoms. The van der Waals surface area contributed by atoms with Crippen molar-refractivity contribution in [3.8, 4) is 0 Å². The molecule has 0 radical (unpaired) electrons. The van der Waals surface area contributed by atoms with Crippen LogP contribution in [0.15, 0.2) is 58.1 Å². The van der Waals surface area contributed by atoms with Crippen LogP contribution in [-0.2, 0) is 21.0 Å². The maximum absolute atomic E-state index is 12.9. The zero-order valence-electron chi connectivity index (χ0n) is 15.4. The van der Waals surface area contributed by atoms with E-state index in [1.807, 2.05) is 0 Å². The number of hydrogen-bond donors (Lipinski definition) is 1. The number of alkyl halides is 3. The Morgan fingerprint density at radius 3 is 2.34 bits per heavy atom. The molecule has 2 aromatic rings. The van der Waals surface area contributed by atoms with E-state index in [-0.39, 0.29) is 5.69 Å². The van der Waals surface area contributed by atoms with Gasteiger partial charge < -0.3 is 0 Å². The molecule has 11 heteroatoms. The Morgan fingerprint density at radius 1 is 1.17 bits per heavy atom. The summed E-state index contributed by atoms with van der Waals surface area (Å²) >= 11 is 3.30. The van der Waals surface area contributed by atoms with Gasteiger partial charge in [-0.05, 0) is 42.8 Å². The number of amides is 1. The van der Waals surface area contributed by atoms with Gasteiger partial charge in [-0.3, -0.25) is 9.10 Å². The zero-order chi connectivity index (χ0) is 21.8. The molecule has 0 aliphatic heterocycles. The largest absolute Gasteiger partial charge is 0.416 e. The molecule has 1 N–H and O–H groups in total. The van der Waals surface area contributed by atoms with Crippen LogP contribution in [0.5, 0.6) is 0 Å². The molecule has 0 spiro atoms. The van der Waals surface area contributed by atoms with Crippen LogP contribution in [0.25, 0.3) is 0 Å². The molecular weight excluding hydrogens is 475 g/mol. The number of hydrazone groups is 1. The van der Waals surface area contributed by atoms with Gasteiger partial charge in [0.2, 0.25) is 10.0 Å². The van der Waals surface area contributed by atoms with E-state index in [1.54, 1.807) is 31.2 Å². The molecule has 0 fully saturated rings. The fourth-order valence-electron chi connectivity index (χ4n) is 2.31. The lowest BCUT2D eigenvalue weighted by Crippen LogP contribution is -2.39. The van der Waals surface area contributed by atoms with Crippen LogP contribution >= 0.6 is 15.9 Å². The van der Waals surface area contributed by atoms with Crippen LogP contribution < -0.4 is 9.73 Å². The summed E-state index contributed by atoms with van der Waals surface area (Å²) in [5, 5.41) is 3.91. The van der Waals surface area contributed by atoms with Gasteiger partial charge in [0.1, 0.15) is 6.54 Å². The van der Waals surface area contributed by atoms with E-state index < -0.39 is 34.2 Å². The van der Waals surface area contributed by atoms with Crippen molar-refractivity contribution in [3.05, 3.63) is 64.1 Å². The van der Waals surface area contributed by atoms with Gasteiger partial charge in [-0.2, -0.15) is 18.3 Å². The number of halogens is 4. The first-order valence-corrected chi connectivity index (χ1v) is 10.8. The second-order valence-corrected chi connectivity index (χ2v) is 8.88. The Bertz CT molecular complexity index is 1020. The smallest absolute Gasteiger partial charge is 0.271 e. The van der Waals surface area contributed by atoms with Gasteiger partial charge in [-0.15, -0.1) is 0 Å². The summed E-state index contributed by atoms with van der Waals surface area (Å²) in [6.07, 6.45) is -3.84. The van der Waals surface area contributed by atoms with Crippen molar-refractivity contribution in [2.24, 2.45) is 5.10 Å². The Morgan fingerprint density at radius 2 is 1.79 bits per heavy atom. The summed E-state index contributed by atoms with van der Waals surface area (Å²) in [6.45, 7) is 0.919. The maximum atomic E-state index is 12.9. The van der Waals surface area contributed by atoms with Gasteiger partial charge in [-0.1, -0.05) is 34.1 Å². The summed E-state index contributed by atoms with van der Waals surface area (Å²) in [6, 6.07) is 10.8. The number of carbonyl (C=O) groups excluding carboxylic acids is 1. The lowest BCUT2D eigenvalue weighted by molar-refractivity contribution is -0.137. The van der Waals surface area contributed by atoms with Crippen molar-refractivity contribution < 1.29 is 26.4 Å². The fourth-order valence-corrected chi connectivity index (χ4v) is 3.42. The van der Waals surface area contributed by atoms with Crippen LogP contribution in [0.1, 0.15) is 18.1 Å². The van der Waals surface area contributed by atoms with Crippen LogP contribution in [0.2, 0.25) is 0 Å². The van der Waals surface area contributed by atoms with Gasteiger partial charge in [-0.25, -0.2) is 13.8 Å². The van der Waals surface area contributed by atoms with Gasteiger partial charge >= 0.3 is 6.18 Å². The molecule has 0 aromatic heterocycles. The number of benzene rings is 2. The van der Waals surface area contributed by atoms with Crippen LogP contribution in [0.4, 0.5) is 18.9 Å². The summed E-state index contributed by atoms with van der Waals surface area (Å²) in [4.78, 5) is 12.2. The standard InChI is InChI=1S/C18H17BrF3N3O3S/c1-12(13-6-8-15(19)9-7-13)23-24-17(26)11-25(29(2,27)28)16-5-3-4-14(10-16)18(20,21)22/h3-10H,11H2,1-2H3,(H,24,26)/b23-12-. The van der Waals surface area contributed by atoms with Crippen LogP contribution in [0.3, 0.4) is 0 Å². The first-order valence-electron chi connectivity index (χ1n) is 8.12. The maximum Gasteiger partial charge on any atom is 0.416 e. The molecule has 6 nitrogen and oxygen atoms in total. The molecule has 0 aliphatic carbocycles. The topological polar surface area (TPSA) is 78.8 Å². The first kappa shape index (κ1) is 22.9. The van der Waals surface area contributed by atoms with E-state index in [4.69, 9.17) is 0 Å². The molecule has 156 valence electrons. The summed E-state index contributed by atoms with van der Waals surface area (Å²) < 4.78 is 64.3. The van der Waals surface area contributed by atoms with Crippen molar-refractivity contribution in [3.63, 3.8) is 0 Å². The average molecular weight is 492 g/mol. The average Bonchev–Trinajstić information content (AvgIpc) is 2.63. The Kier molecular flexibility index (Phi) is 7.06. The lowest BCUT2D eigenvalue weighted by Gasteiger charge is -2.22. The van der Waals surface area contributed by atoms with Gasteiger partial charge in [0.05, 0.1) is 23.2 Å². The third-order valence-electron chi connectivity index (χ3n) is 3.76. The second-order valence-electron chi connectivity index (χ2n) is 6.06. The van der Waals surface area contributed by atoms with E-state index in [1.165, 1.54) is 6.07 Å². The molecule has 0 bridgehead atoms. The minimum atomic E-state index is -4.65. The Labute approximate surface area is 174 Å². The predicted molar refractivity (Wildman–Crippen MR) is 108 cm³/mol. The van der Waals surface area contributed by atoms with E-state index in [9.17, 15) is 26.4 Å². The zero-order valence-corrected chi connectivity index (χ0v) is 17.8. The van der Waals surface area contributed by atoms with Crippen LogP contribution in [0, 0.1) is 0 Å². The highest BCUT2D eigenvalue weighted by Gasteiger charge is 2.32. The summed E-state index contributed by atoms with van der Waals surface area (Å²) in [5.41, 5.74) is 2.13. The highest BCUT2D eigenvalue weighted by Crippen LogP contribution is 2.32. The molecular formula is C18H17BrF3N3O3S. The van der Waals surface area contributed by atoms with Crippen molar-refractivity contribution in [2.45, 2.75) is 13.1 Å². The lowest BCUT2D eigenvalue weighted by atomic mass is 10.1. The molecule has 0 aliphatic rings. The molecule has 1 amide bonds. The molecule has 2 aromatic carbocycles. The fraction of sp³-hybridized carbons (Fsp3) is 0.222. The van der Waals surface area contributed by atoms with E-state index in [0.717, 1.165) is 28.4 Å². The molecule has 0 saturated carbocycles. The van der Waals surface area contributed by atoms with Crippen molar-refractivity contribution in [1.29, 1.82) is 0 Å². The molecule has 0 unspecified atom stereocenters. The highest BCUT2D eigenvalue weighted by molar-refractivity contribution is 9.10. The summed E-state index contributed by atoms with van der Waals surface area (Å²) in [5.74, 6) is -0.802. The van der Waals surface area contributed by atoms with Crippen LogP contribution in [-0.4, -0.2) is 32.8 Å². The molecule has 0 saturated heterocycles. The first-order chi connectivity index (χ1) is 13.4. The number of hydrogen-bond acceptors (Lipinski definition) is 4. The number of sulfonamides is 1. The predicted octanol–water partition coefficient (Wildman–Crippen LogP) is 3.77. The number of anilines is 1. The number of nitrogens with one attached hydrogen (secondary N) is 1. The van der Waals surface area contributed by atoms with Gasteiger partial charge in [0.15, 0.2) is 0 Å². The minimum absolute atomic E-state index is 0.272. The monoisotopic (exact) mass is 491 g/mol. The molecule has 0 heterocycles. The Hall–Kier alpha value is -2.40. The van der Waals surface area contributed by atoms with E-state index >= 15 is 0 Å². The SMILES string of the molecule is C/C(=N/NC(=O)CN(c1cccc(C(F)(F)F)c1)S(C)(=O)=O)c1ccc(Br)cc1. The Balaban J connectivity index is 2.20. The summed E-state index contributed by atoms with van der Waals surface area (Å²) in [7, 11) is -4.02. The number of carbonyl (C=O) groups is 1. The third kappa shape index (κ3) is 6.57. The van der Waals surface area contributed by atoms with Crippen molar-refractivity contribution >= 4 is 43.3 Å². The molecule has 2 rings (SSSR count). The quantitative estimate of drug-likeness (QED) is 0.493. The highest BCUT2D eigenvalue weighted by atomic mass is 79.9. The minimum Gasteiger partial charge on any atom is -0.271 e.